The minimum absolute atomic E-state index is 0. The predicted octanol–water partition coefficient (Wildman–Crippen LogP) is 7.75. The first kappa shape index (κ1) is 29.4. The number of nitrogens with one attached hydrogen (secondary N) is 1. The molecule has 0 spiro atoms. The zero-order chi connectivity index (χ0) is 22.0. The second kappa shape index (κ2) is 14.4. The largest absolute Gasteiger partial charge is 8.00 e. The van der Waals surface area contributed by atoms with Crippen molar-refractivity contribution in [3.8, 4) is 0 Å². The summed E-state index contributed by atoms with van der Waals surface area (Å²) in [7, 11) is -2.02. The minimum atomic E-state index is -2.02. The molecule has 0 fully saturated rings. The maximum atomic E-state index is 4.99. The van der Waals surface area contributed by atoms with E-state index in [-0.39, 0.29) is 31.6 Å². The summed E-state index contributed by atoms with van der Waals surface area (Å²) in [6.45, 7) is 19.3. The number of hydrogen-bond acceptors (Lipinski definition) is 1. The van der Waals surface area contributed by atoms with E-state index in [4.69, 9.17) is 10.2 Å². The molecule has 0 aliphatic rings. The van der Waals surface area contributed by atoms with E-state index < -0.39 is 7.71 Å². The summed E-state index contributed by atoms with van der Waals surface area (Å²) < 4.78 is 0. The molecule has 0 atom stereocenters. The van der Waals surface area contributed by atoms with Gasteiger partial charge in [-0.15, -0.1) is 12.1 Å². The third-order valence-corrected chi connectivity index (χ3v) is 7.58. The van der Waals surface area contributed by atoms with Crippen molar-refractivity contribution in [1.29, 1.82) is 0 Å². The molecule has 3 nitrogen and oxygen atoms in total. The summed E-state index contributed by atoms with van der Waals surface area (Å²) in [5, 5.41) is 14.8. The van der Waals surface area contributed by atoms with Crippen LogP contribution in [0.3, 0.4) is 0 Å². The maximum Gasteiger partial charge on any atom is 8.00 e. The molecule has 0 aliphatic carbocycles. The van der Waals surface area contributed by atoms with Crippen LogP contribution in [0.5, 0.6) is 0 Å². The van der Waals surface area contributed by atoms with E-state index in [0.29, 0.717) is 12.0 Å². The van der Waals surface area contributed by atoms with Crippen LogP contribution in [0.4, 0.5) is 0 Å². The van der Waals surface area contributed by atoms with Gasteiger partial charge in [-0.2, -0.15) is 0 Å². The molecule has 0 radical (unpaired) electrons. The van der Waals surface area contributed by atoms with Crippen molar-refractivity contribution in [2.45, 2.75) is 86.4 Å². The molecular weight excluding hydrogens is 474 g/mol. The van der Waals surface area contributed by atoms with Gasteiger partial charge in [0.15, 0.2) is 0 Å². The van der Waals surface area contributed by atoms with Crippen LogP contribution in [0.25, 0.3) is 10.2 Å². The topological polar surface area (TPSA) is 40.2 Å². The van der Waals surface area contributed by atoms with Gasteiger partial charge in [0.2, 0.25) is 0 Å². The van der Waals surface area contributed by atoms with Gasteiger partial charge in [-0.1, -0.05) is 89.6 Å². The van der Waals surface area contributed by atoms with Gasteiger partial charge >= 0.3 is 19.5 Å². The van der Waals surface area contributed by atoms with Crippen LogP contribution >= 0.6 is 7.71 Å². The molecule has 1 N–H and O–H groups in total. The van der Waals surface area contributed by atoms with E-state index in [0.717, 1.165) is 0 Å². The van der Waals surface area contributed by atoms with Gasteiger partial charge in [0.05, 0.1) is 5.30 Å². The second-order valence-electron chi connectivity index (χ2n) is 8.70. The van der Waals surface area contributed by atoms with Crippen molar-refractivity contribution < 1.29 is 19.5 Å². The summed E-state index contributed by atoms with van der Waals surface area (Å²) in [6, 6.07) is 20.1. The van der Waals surface area contributed by atoms with Gasteiger partial charge in [0.25, 0.3) is 0 Å². The SMILES string of the molecule is CC(C)[N-][P+]([N-]C(C)C)(NC(C)C)c1ccccc1.Cc1ccc(C(C)C)cc1.[Ru+8]. The standard InChI is InChI=1S/C15H27N3P.C10H14.Ru/c1-12(2)16-19(17-13(3)4,18-14(5)6)15-10-8-7-9-11-15;1-8(2)10-6-4-9(3)5-7-10;/h7-14,16H,1-6H3;4-8H,1-3H3;/q-1;;+8. The molecule has 0 amide bonds. The molecule has 0 saturated carbocycles. The van der Waals surface area contributed by atoms with Crippen LogP contribution in [0, 0.1) is 6.92 Å². The minimum Gasteiger partial charge on any atom is -0.480 e. The van der Waals surface area contributed by atoms with E-state index in [1.807, 2.05) is 6.07 Å². The Bertz CT molecular complexity index is 659. The normalized spacial score (nSPS) is 11.5. The number of aryl methyl sites for hydroxylation is 1. The summed E-state index contributed by atoms with van der Waals surface area (Å²) in [4.78, 5) is 0. The van der Waals surface area contributed by atoms with Crippen molar-refractivity contribution in [3.63, 3.8) is 0 Å². The van der Waals surface area contributed by atoms with Crippen molar-refractivity contribution in [2.24, 2.45) is 0 Å². The fourth-order valence-corrected chi connectivity index (χ4v) is 6.17. The van der Waals surface area contributed by atoms with Gasteiger partial charge in [-0.25, -0.2) is 5.09 Å². The zero-order valence-corrected chi connectivity index (χ0v) is 22.8. The summed E-state index contributed by atoms with van der Waals surface area (Å²) in [5.41, 5.74) is 2.76. The second-order valence-corrected chi connectivity index (χ2v) is 11.1. The molecule has 162 valence electrons. The van der Waals surface area contributed by atoms with Crippen LogP contribution in [-0.2, 0) is 19.5 Å². The maximum absolute atomic E-state index is 4.99. The average molecular weight is 516 g/mol. The third kappa shape index (κ3) is 10.6. The smallest absolute Gasteiger partial charge is 0.480 e. The molecule has 0 aromatic heterocycles. The monoisotopic (exact) mass is 516 g/mol. The Morgan fingerprint density at radius 2 is 1.17 bits per heavy atom. The Labute approximate surface area is 199 Å². The van der Waals surface area contributed by atoms with Gasteiger partial charge in [-0.3, -0.25) is 0 Å². The molecular formula is C25H41N3PRu+7. The van der Waals surface area contributed by atoms with Crippen LogP contribution in [0.2, 0.25) is 0 Å². The molecule has 2 aromatic carbocycles. The van der Waals surface area contributed by atoms with Gasteiger partial charge in [0.1, 0.15) is 0 Å². The molecule has 2 rings (SSSR count). The first-order chi connectivity index (χ1) is 13.6. The molecule has 0 aliphatic heterocycles. The quantitative estimate of drug-likeness (QED) is 0.283. The van der Waals surface area contributed by atoms with E-state index in [1.54, 1.807) is 0 Å². The van der Waals surface area contributed by atoms with E-state index >= 15 is 0 Å². The Kier molecular flexibility index (Phi) is 14.1. The van der Waals surface area contributed by atoms with Crippen molar-refractivity contribution in [2.75, 3.05) is 0 Å². The number of benzene rings is 2. The van der Waals surface area contributed by atoms with E-state index in [2.05, 4.69) is 116 Å². The summed E-state index contributed by atoms with van der Waals surface area (Å²) in [5.74, 6) is 0.653. The van der Waals surface area contributed by atoms with Crippen molar-refractivity contribution in [1.82, 2.24) is 5.09 Å². The number of rotatable bonds is 8. The average Bonchev–Trinajstić information content (AvgIpc) is 2.61. The van der Waals surface area contributed by atoms with Crippen LogP contribution in [-0.4, -0.2) is 18.1 Å². The van der Waals surface area contributed by atoms with Crippen LogP contribution in [0.15, 0.2) is 54.6 Å². The molecule has 0 saturated heterocycles. The summed E-state index contributed by atoms with van der Waals surface area (Å²) in [6.07, 6.45) is 0. The number of hydrogen-bond donors (Lipinski definition) is 1. The molecule has 30 heavy (non-hydrogen) atoms. The van der Waals surface area contributed by atoms with E-state index in [1.165, 1.54) is 16.4 Å². The molecule has 2 aromatic rings. The fourth-order valence-electron chi connectivity index (χ4n) is 2.92. The van der Waals surface area contributed by atoms with E-state index in [9.17, 15) is 0 Å². The third-order valence-electron chi connectivity index (χ3n) is 4.09. The van der Waals surface area contributed by atoms with Crippen molar-refractivity contribution in [3.05, 3.63) is 75.9 Å². The first-order valence-corrected chi connectivity index (χ1v) is 12.5. The zero-order valence-electron chi connectivity index (χ0n) is 20.2. The Morgan fingerprint density at radius 1 is 0.700 bits per heavy atom. The molecule has 0 bridgehead atoms. The Balaban J connectivity index is 0.000000646. The van der Waals surface area contributed by atoms with Crippen LogP contribution < -0.4 is 10.4 Å². The number of nitrogens with zero attached hydrogens (tertiary/aromatic N) is 2. The Morgan fingerprint density at radius 3 is 1.53 bits per heavy atom. The summed E-state index contributed by atoms with van der Waals surface area (Å²) >= 11 is 0. The van der Waals surface area contributed by atoms with Gasteiger partial charge in [0, 0.05) is 6.04 Å². The van der Waals surface area contributed by atoms with Crippen LogP contribution in [0.1, 0.15) is 72.4 Å². The molecule has 0 heterocycles. The Hall–Kier alpha value is -0.627. The predicted molar refractivity (Wildman–Crippen MR) is 134 cm³/mol. The molecule has 0 unspecified atom stereocenters. The first-order valence-electron chi connectivity index (χ1n) is 10.8. The fraction of sp³-hybridized carbons (Fsp3) is 0.520. The van der Waals surface area contributed by atoms with Gasteiger partial charge in [-0.05, 0) is 52.1 Å². The van der Waals surface area contributed by atoms with Crippen molar-refractivity contribution >= 4 is 13.0 Å². The van der Waals surface area contributed by atoms with Gasteiger partial charge < -0.3 is 10.2 Å². The molecule has 5 heteroatoms.